The lowest BCUT2D eigenvalue weighted by Gasteiger charge is -2.04. The Bertz CT molecular complexity index is 280. The van der Waals surface area contributed by atoms with Crippen molar-refractivity contribution >= 4 is 34.2 Å². The first kappa shape index (κ1) is 9.98. The van der Waals surface area contributed by atoms with Crippen LogP contribution >= 0.6 is 34.2 Å². The second-order valence-corrected chi connectivity index (χ2v) is 3.52. The lowest BCUT2D eigenvalue weighted by molar-refractivity contribution is -0.0498. The molecule has 0 spiro atoms. The molecule has 1 rings (SSSR count). The quantitative estimate of drug-likeness (QED) is 0.759. The van der Waals surface area contributed by atoms with Gasteiger partial charge in [-0.15, -0.1) is 0 Å². The largest absolute Gasteiger partial charge is 0.435 e. The van der Waals surface area contributed by atoms with Crippen LogP contribution in [0.3, 0.4) is 0 Å². The van der Waals surface area contributed by atoms with Crippen LogP contribution in [0.15, 0.2) is 18.2 Å². The highest BCUT2D eigenvalue weighted by Gasteiger charge is 2.05. The molecule has 0 aliphatic heterocycles. The van der Waals surface area contributed by atoms with Gasteiger partial charge in [-0.2, -0.15) is 8.78 Å². The summed E-state index contributed by atoms with van der Waals surface area (Å²) in [6.07, 6.45) is 0. The van der Waals surface area contributed by atoms with Crippen molar-refractivity contribution < 1.29 is 13.5 Å². The van der Waals surface area contributed by atoms with E-state index in [1.165, 1.54) is 12.1 Å². The van der Waals surface area contributed by atoms with Crippen LogP contribution in [0, 0.1) is 3.57 Å². The first-order valence-corrected chi connectivity index (χ1v) is 4.45. The van der Waals surface area contributed by atoms with Gasteiger partial charge in [0.15, 0.2) is 0 Å². The van der Waals surface area contributed by atoms with Crippen LogP contribution < -0.4 is 4.74 Å². The fraction of sp³-hybridized carbons (Fsp3) is 0.143. The number of hydrogen-bond donors (Lipinski definition) is 0. The summed E-state index contributed by atoms with van der Waals surface area (Å²) in [6, 6.07) is 4.41. The maximum Gasteiger partial charge on any atom is 0.387 e. The molecule has 0 aromatic heterocycles. The number of benzene rings is 1. The molecule has 0 heterocycles. The summed E-state index contributed by atoms with van der Waals surface area (Å²) < 4.78 is 28.3. The van der Waals surface area contributed by atoms with Crippen molar-refractivity contribution in [3.63, 3.8) is 0 Å². The van der Waals surface area contributed by atoms with Crippen LogP contribution in [-0.2, 0) is 0 Å². The molecule has 0 N–H and O–H groups in total. The fourth-order valence-electron chi connectivity index (χ4n) is 0.653. The molecule has 66 valence electrons. The highest BCUT2D eigenvalue weighted by molar-refractivity contribution is 14.1. The second kappa shape index (κ2) is 4.23. The molecule has 0 radical (unpaired) electrons. The number of alkyl halides is 2. The zero-order valence-electron chi connectivity index (χ0n) is 5.73. The van der Waals surface area contributed by atoms with E-state index in [-0.39, 0.29) is 5.75 Å². The Hall–Kier alpha value is -0.100. The molecule has 12 heavy (non-hydrogen) atoms. The van der Waals surface area contributed by atoms with Crippen molar-refractivity contribution in [3.8, 4) is 5.75 Å². The summed E-state index contributed by atoms with van der Waals surface area (Å²) in [4.78, 5) is 0. The van der Waals surface area contributed by atoms with E-state index in [0.29, 0.717) is 5.02 Å². The van der Waals surface area contributed by atoms with Crippen LogP contribution in [-0.4, -0.2) is 6.61 Å². The summed E-state index contributed by atoms with van der Waals surface area (Å²) in [5.74, 6) is 0.0791. The first-order chi connectivity index (χ1) is 5.59. The van der Waals surface area contributed by atoms with Gasteiger partial charge in [0, 0.05) is 9.64 Å². The molecule has 1 aromatic carbocycles. The van der Waals surface area contributed by atoms with Crippen molar-refractivity contribution in [2.45, 2.75) is 6.61 Å². The molecule has 0 unspecified atom stereocenters. The predicted octanol–water partition coefficient (Wildman–Crippen LogP) is 3.55. The average molecular weight is 304 g/mol. The molecule has 1 aromatic rings. The molecule has 0 fully saturated rings. The summed E-state index contributed by atoms with van der Waals surface area (Å²) in [5.41, 5.74) is 0. The molecule has 0 saturated heterocycles. The van der Waals surface area contributed by atoms with E-state index >= 15 is 0 Å². The molecule has 0 amide bonds. The summed E-state index contributed by atoms with van der Waals surface area (Å²) >= 11 is 7.66. The van der Waals surface area contributed by atoms with Gasteiger partial charge in [-0.1, -0.05) is 11.6 Å². The van der Waals surface area contributed by atoms with Gasteiger partial charge in [-0.3, -0.25) is 0 Å². The SMILES string of the molecule is FC(F)Oc1ccc(I)c(Cl)c1. The third-order valence-corrected chi connectivity index (χ3v) is 2.69. The van der Waals surface area contributed by atoms with Gasteiger partial charge < -0.3 is 4.74 Å². The van der Waals surface area contributed by atoms with E-state index in [1.807, 2.05) is 22.6 Å². The van der Waals surface area contributed by atoms with Gasteiger partial charge in [-0.25, -0.2) is 0 Å². The third-order valence-electron chi connectivity index (χ3n) is 1.12. The molecule has 5 heteroatoms. The van der Waals surface area contributed by atoms with Gasteiger partial charge in [0.05, 0.1) is 5.02 Å². The average Bonchev–Trinajstić information content (AvgIpc) is 1.96. The molecule has 0 aliphatic rings. The van der Waals surface area contributed by atoms with Gasteiger partial charge in [-0.05, 0) is 34.7 Å². The van der Waals surface area contributed by atoms with Crippen LogP contribution in [0.4, 0.5) is 8.78 Å². The molecule has 0 saturated carbocycles. The minimum Gasteiger partial charge on any atom is -0.435 e. The minimum atomic E-state index is -2.80. The lowest BCUT2D eigenvalue weighted by Crippen LogP contribution is -2.01. The standard InChI is InChI=1S/C7H4ClF2IO/c8-5-3-4(12-7(9)10)1-2-6(5)11/h1-3,7H. The van der Waals surface area contributed by atoms with E-state index < -0.39 is 6.61 Å². The third kappa shape index (κ3) is 2.75. The van der Waals surface area contributed by atoms with Crippen molar-refractivity contribution in [3.05, 3.63) is 26.8 Å². The Labute approximate surface area is 86.8 Å². The molecule has 0 aliphatic carbocycles. The first-order valence-electron chi connectivity index (χ1n) is 2.99. The second-order valence-electron chi connectivity index (χ2n) is 1.95. The zero-order valence-corrected chi connectivity index (χ0v) is 8.64. The Morgan fingerprint density at radius 1 is 1.42 bits per heavy atom. The smallest absolute Gasteiger partial charge is 0.387 e. The predicted molar refractivity (Wildman–Crippen MR) is 50.8 cm³/mol. The maximum atomic E-state index is 11.7. The number of halogens is 4. The van der Waals surface area contributed by atoms with E-state index in [2.05, 4.69) is 4.74 Å². The Balaban J connectivity index is 2.82. The van der Waals surface area contributed by atoms with Gasteiger partial charge >= 0.3 is 6.61 Å². The van der Waals surface area contributed by atoms with E-state index in [1.54, 1.807) is 6.07 Å². The van der Waals surface area contributed by atoms with Crippen molar-refractivity contribution in [1.29, 1.82) is 0 Å². The monoisotopic (exact) mass is 304 g/mol. The van der Waals surface area contributed by atoms with E-state index in [0.717, 1.165) is 3.57 Å². The Morgan fingerprint density at radius 2 is 2.08 bits per heavy atom. The maximum absolute atomic E-state index is 11.7. The number of ether oxygens (including phenoxy) is 1. The van der Waals surface area contributed by atoms with Crippen LogP contribution in [0.2, 0.25) is 5.02 Å². The summed E-state index contributed by atoms with van der Waals surface area (Å²) in [6.45, 7) is -2.80. The highest BCUT2D eigenvalue weighted by atomic mass is 127. The Morgan fingerprint density at radius 3 is 2.58 bits per heavy atom. The molecule has 1 nitrogen and oxygen atoms in total. The van der Waals surface area contributed by atoms with Gasteiger partial charge in [0.25, 0.3) is 0 Å². The molecular formula is C7H4ClF2IO. The van der Waals surface area contributed by atoms with Crippen molar-refractivity contribution in [2.24, 2.45) is 0 Å². The van der Waals surface area contributed by atoms with E-state index in [9.17, 15) is 8.78 Å². The van der Waals surface area contributed by atoms with Crippen LogP contribution in [0.25, 0.3) is 0 Å². The number of hydrogen-bond acceptors (Lipinski definition) is 1. The van der Waals surface area contributed by atoms with Crippen molar-refractivity contribution in [2.75, 3.05) is 0 Å². The van der Waals surface area contributed by atoms with Crippen LogP contribution in [0.5, 0.6) is 5.75 Å². The molecule has 0 atom stereocenters. The lowest BCUT2D eigenvalue weighted by atomic mass is 10.3. The molecular weight excluding hydrogens is 300 g/mol. The van der Waals surface area contributed by atoms with Crippen molar-refractivity contribution in [1.82, 2.24) is 0 Å². The topological polar surface area (TPSA) is 9.23 Å². The summed E-state index contributed by atoms with van der Waals surface area (Å²) in [7, 11) is 0. The minimum absolute atomic E-state index is 0.0791. The molecule has 0 bridgehead atoms. The van der Waals surface area contributed by atoms with Gasteiger partial charge in [0.1, 0.15) is 5.75 Å². The zero-order chi connectivity index (χ0) is 9.14. The normalized spacial score (nSPS) is 10.4. The van der Waals surface area contributed by atoms with Gasteiger partial charge in [0.2, 0.25) is 0 Å². The van der Waals surface area contributed by atoms with Crippen LogP contribution in [0.1, 0.15) is 0 Å². The van der Waals surface area contributed by atoms with E-state index in [4.69, 9.17) is 11.6 Å². The Kier molecular flexibility index (Phi) is 3.52. The number of rotatable bonds is 2. The summed E-state index contributed by atoms with van der Waals surface area (Å²) in [5, 5.41) is 0.411. The highest BCUT2D eigenvalue weighted by Crippen LogP contribution is 2.24. The fourth-order valence-corrected chi connectivity index (χ4v) is 1.16.